The molecule has 0 aromatic heterocycles. The maximum atomic E-state index is 12.9. The molecular weight excluding hydrogens is 490 g/mol. The third-order valence-corrected chi connectivity index (χ3v) is 7.16. The van der Waals surface area contributed by atoms with Gasteiger partial charge < -0.3 is 24.8 Å². The van der Waals surface area contributed by atoms with Crippen molar-refractivity contribution in [1.29, 1.82) is 0 Å². The Balaban J connectivity index is 1.89. The summed E-state index contributed by atoms with van der Waals surface area (Å²) in [5, 5.41) is 5.81. The Morgan fingerprint density at radius 1 is 1.21 bits per heavy atom. The number of halogens is 1. The number of carbonyl (C=O) groups is 1. The highest BCUT2D eigenvalue weighted by atomic mass is 35.5. The first kappa shape index (κ1) is 24.9. The molecule has 2 aromatic carbocycles. The van der Waals surface area contributed by atoms with Crippen LogP contribution in [0.3, 0.4) is 0 Å². The second-order valence-electron chi connectivity index (χ2n) is 7.11. The van der Waals surface area contributed by atoms with Gasteiger partial charge in [-0.1, -0.05) is 11.6 Å². The lowest BCUT2D eigenvalue weighted by molar-refractivity contribution is 0.0945. The number of ether oxygens (including phenoxy) is 3. The van der Waals surface area contributed by atoms with Crippen molar-refractivity contribution >= 4 is 44.9 Å². The summed E-state index contributed by atoms with van der Waals surface area (Å²) in [6.07, 6.45) is 0.578. The fourth-order valence-electron chi connectivity index (χ4n) is 3.45. The Kier molecular flexibility index (Phi) is 7.88. The number of hydrogen-bond acceptors (Lipinski definition) is 7. The standard InChI is InChI=1S/C21H24ClN3O6S2/c1-23-21(32)25-33(27,28)19-9-14-12(6-7-31-17(14)10-18(19)30-3)11-24-20(26)15-8-13(22)4-5-16(15)29-2/h4-5,8-10,12H,6-7,11H2,1-3H3,(H,24,26)(H2,23,25,32). The van der Waals surface area contributed by atoms with Crippen molar-refractivity contribution in [2.75, 3.05) is 34.4 Å². The van der Waals surface area contributed by atoms with Crippen molar-refractivity contribution in [2.45, 2.75) is 17.2 Å². The summed E-state index contributed by atoms with van der Waals surface area (Å²) in [5.74, 6) is 0.457. The van der Waals surface area contributed by atoms with Crippen molar-refractivity contribution < 1.29 is 27.4 Å². The monoisotopic (exact) mass is 513 g/mol. The first-order valence-corrected chi connectivity index (χ1v) is 12.2. The van der Waals surface area contributed by atoms with Crippen LogP contribution >= 0.6 is 23.8 Å². The zero-order valence-corrected chi connectivity index (χ0v) is 20.6. The average molecular weight is 514 g/mol. The van der Waals surface area contributed by atoms with Crippen LogP contribution in [0.25, 0.3) is 0 Å². The number of nitrogens with one attached hydrogen (secondary N) is 3. The predicted molar refractivity (Wildman–Crippen MR) is 128 cm³/mol. The van der Waals surface area contributed by atoms with Gasteiger partial charge in [0, 0.05) is 36.2 Å². The molecule has 0 bridgehead atoms. The van der Waals surface area contributed by atoms with Gasteiger partial charge in [0.25, 0.3) is 15.9 Å². The smallest absolute Gasteiger partial charge is 0.267 e. The molecule has 1 aliphatic heterocycles. The van der Waals surface area contributed by atoms with Gasteiger partial charge in [-0.15, -0.1) is 0 Å². The number of methoxy groups -OCH3 is 2. The van der Waals surface area contributed by atoms with Gasteiger partial charge in [0.05, 0.1) is 26.4 Å². The van der Waals surface area contributed by atoms with Gasteiger partial charge in [-0.2, -0.15) is 0 Å². The molecule has 0 fully saturated rings. The normalized spacial score (nSPS) is 15.0. The lowest BCUT2D eigenvalue weighted by Gasteiger charge is -2.27. The molecule has 1 aliphatic rings. The van der Waals surface area contributed by atoms with Crippen molar-refractivity contribution in [1.82, 2.24) is 15.4 Å². The van der Waals surface area contributed by atoms with E-state index in [4.69, 9.17) is 38.0 Å². The predicted octanol–water partition coefficient (Wildman–Crippen LogP) is 2.44. The summed E-state index contributed by atoms with van der Waals surface area (Å²) in [6, 6.07) is 7.80. The largest absolute Gasteiger partial charge is 0.496 e. The summed E-state index contributed by atoms with van der Waals surface area (Å²) in [7, 11) is 0.339. The molecule has 0 radical (unpaired) electrons. The molecule has 0 saturated heterocycles. The van der Waals surface area contributed by atoms with E-state index in [0.717, 1.165) is 0 Å². The highest BCUT2D eigenvalue weighted by molar-refractivity contribution is 7.92. The highest BCUT2D eigenvalue weighted by Crippen LogP contribution is 2.40. The van der Waals surface area contributed by atoms with Crippen LogP contribution in [0.1, 0.15) is 28.3 Å². The van der Waals surface area contributed by atoms with Crippen LogP contribution in [0.5, 0.6) is 17.2 Å². The quantitative estimate of drug-likeness (QED) is 0.484. The Morgan fingerprint density at radius 3 is 2.61 bits per heavy atom. The summed E-state index contributed by atoms with van der Waals surface area (Å²) in [4.78, 5) is 12.7. The number of carbonyl (C=O) groups excluding carboxylic acids is 1. The number of benzene rings is 2. The zero-order chi connectivity index (χ0) is 24.2. The number of fused-ring (bicyclic) bond motifs is 1. The van der Waals surface area contributed by atoms with E-state index in [2.05, 4.69) is 15.4 Å². The molecule has 9 nitrogen and oxygen atoms in total. The van der Waals surface area contributed by atoms with Gasteiger partial charge in [0.2, 0.25) is 0 Å². The second kappa shape index (κ2) is 10.4. The first-order valence-electron chi connectivity index (χ1n) is 9.91. The number of amides is 1. The minimum atomic E-state index is -4.01. The van der Waals surface area contributed by atoms with Gasteiger partial charge in [-0.05, 0) is 42.9 Å². The number of hydrogen-bond donors (Lipinski definition) is 3. The van der Waals surface area contributed by atoms with Crippen LogP contribution in [0.2, 0.25) is 5.02 Å². The van der Waals surface area contributed by atoms with E-state index in [-0.39, 0.29) is 34.1 Å². The van der Waals surface area contributed by atoms with E-state index < -0.39 is 10.0 Å². The summed E-state index contributed by atoms with van der Waals surface area (Å²) in [5.41, 5.74) is 0.941. The molecule has 1 unspecified atom stereocenters. The van der Waals surface area contributed by atoms with Crippen LogP contribution < -0.4 is 29.6 Å². The molecule has 1 heterocycles. The minimum Gasteiger partial charge on any atom is -0.496 e. The van der Waals surface area contributed by atoms with Gasteiger partial charge in [0.15, 0.2) is 5.11 Å². The van der Waals surface area contributed by atoms with Crippen LogP contribution in [0.4, 0.5) is 0 Å². The summed E-state index contributed by atoms with van der Waals surface area (Å²) in [6.45, 7) is 0.657. The molecule has 1 atom stereocenters. The fraction of sp³-hybridized carbons (Fsp3) is 0.333. The minimum absolute atomic E-state index is 0.0506. The molecule has 33 heavy (non-hydrogen) atoms. The zero-order valence-electron chi connectivity index (χ0n) is 18.2. The van der Waals surface area contributed by atoms with Gasteiger partial charge >= 0.3 is 0 Å². The molecule has 2 aromatic rings. The van der Waals surface area contributed by atoms with E-state index >= 15 is 0 Å². The summed E-state index contributed by atoms with van der Waals surface area (Å²) >= 11 is 11.0. The van der Waals surface area contributed by atoms with Crippen molar-refractivity contribution in [3.63, 3.8) is 0 Å². The molecule has 0 aliphatic carbocycles. The van der Waals surface area contributed by atoms with E-state index in [1.807, 2.05) is 0 Å². The Labute approximate surface area is 202 Å². The van der Waals surface area contributed by atoms with Gasteiger partial charge in [0.1, 0.15) is 22.1 Å². The summed E-state index contributed by atoms with van der Waals surface area (Å²) < 4.78 is 44.3. The van der Waals surface area contributed by atoms with Gasteiger partial charge in [-0.3, -0.25) is 9.52 Å². The van der Waals surface area contributed by atoms with Crippen LogP contribution in [-0.4, -0.2) is 53.9 Å². The molecule has 0 saturated carbocycles. The Morgan fingerprint density at radius 2 is 1.94 bits per heavy atom. The molecule has 0 spiro atoms. The number of rotatable bonds is 7. The lowest BCUT2D eigenvalue weighted by Crippen LogP contribution is -2.37. The topological polar surface area (TPSA) is 115 Å². The Hall–Kier alpha value is -2.76. The third kappa shape index (κ3) is 5.60. The first-order chi connectivity index (χ1) is 15.7. The van der Waals surface area contributed by atoms with Crippen LogP contribution in [0.15, 0.2) is 35.2 Å². The lowest BCUT2D eigenvalue weighted by atomic mass is 9.92. The third-order valence-electron chi connectivity index (χ3n) is 5.12. The molecule has 3 rings (SSSR count). The van der Waals surface area contributed by atoms with Crippen molar-refractivity contribution in [3.8, 4) is 17.2 Å². The average Bonchev–Trinajstić information content (AvgIpc) is 2.81. The SMILES string of the molecule is CNC(=S)NS(=O)(=O)c1cc2c(cc1OC)OCCC2CNC(=O)c1cc(Cl)ccc1OC. The molecule has 1 amide bonds. The fourth-order valence-corrected chi connectivity index (χ4v) is 5.09. The van der Waals surface area contributed by atoms with Crippen molar-refractivity contribution in [3.05, 3.63) is 46.5 Å². The highest BCUT2D eigenvalue weighted by Gasteiger charge is 2.29. The molecular formula is C21H24ClN3O6S2. The number of sulfonamides is 1. The van der Waals surface area contributed by atoms with E-state index in [1.165, 1.54) is 39.5 Å². The maximum absolute atomic E-state index is 12.9. The Bertz CT molecular complexity index is 1170. The van der Waals surface area contributed by atoms with Crippen LogP contribution in [0, 0.1) is 0 Å². The van der Waals surface area contributed by atoms with Crippen molar-refractivity contribution in [2.24, 2.45) is 0 Å². The van der Waals surface area contributed by atoms with E-state index in [9.17, 15) is 13.2 Å². The van der Waals surface area contributed by atoms with Crippen LogP contribution in [-0.2, 0) is 10.0 Å². The number of thiocarbonyl (C=S) groups is 1. The van der Waals surface area contributed by atoms with E-state index in [1.54, 1.807) is 12.1 Å². The van der Waals surface area contributed by atoms with E-state index in [0.29, 0.717) is 40.7 Å². The second-order valence-corrected chi connectivity index (χ2v) is 9.61. The maximum Gasteiger partial charge on any atom is 0.267 e. The molecule has 3 N–H and O–H groups in total. The molecule has 178 valence electrons. The molecule has 12 heteroatoms. The van der Waals surface area contributed by atoms with Gasteiger partial charge in [-0.25, -0.2) is 8.42 Å².